The van der Waals surface area contributed by atoms with Crippen molar-refractivity contribution in [2.24, 2.45) is 0 Å². The van der Waals surface area contributed by atoms with E-state index in [2.05, 4.69) is 15.9 Å². The lowest BCUT2D eigenvalue weighted by molar-refractivity contribution is -0.159. The molecule has 0 spiro atoms. The molecule has 7 heteroatoms. The Labute approximate surface area is 167 Å². The van der Waals surface area contributed by atoms with Gasteiger partial charge in [-0.25, -0.2) is 8.42 Å². The van der Waals surface area contributed by atoms with Crippen LogP contribution in [-0.2, 0) is 14.6 Å². The Bertz CT molecular complexity index is 1030. The normalized spacial score (nSPS) is 27.1. The number of likely N-dealkylation sites (tertiary alicyclic amines) is 1. The Hall–Kier alpha value is -1.86. The third kappa shape index (κ3) is 2.79. The predicted molar refractivity (Wildman–Crippen MR) is 105 cm³/mol. The highest BCUT2D eigenvalue weighted by molar-refractivity contribution is 9.10. The maximum absolute atomic E-state index is 13.5. The van der Waals surface area contributed by atoms with Crippen LogP contribution < -0.4 is 4.74 Å². The van der Waals surface area contributed by atoms with Gasteiger partial charge in [0.05, 0.1) is 4.90 Å². The van der Waals surface area contributed by atoms with Crippen molar-refractivity contribution in [3.8, 4) is 5.75 Å². The summed E-state index contributed by atoms with van der Waals surface area (Å²) in [6, 6.07) is 12.2. The van der Waals surface area contributed by atoms with E-state index in [0.29, 0.717) is 12.2 Å². The van der Waals surface area contributed by atoms with E-state index in [4.69, 9.17) is 4.74 Å². The quantitative estimate of drug-likeness (QED) is 0.701. The number of rotatable bonds is 2. The largest absolute Gasteiger partial charge is 0.468 e. The molecule has 1 amide bonds. The molecule has 2 aliphatic rings. The SMILES string of the molecule is Cc1ccc(S(=O)(=O)[C@@H]2C(=O)N(C)[C@]3(C)C[C@@H]2c2cc(Br)ccc2O3)cc1. The van der Waals surface area contributed by atoms with Crippen LogP contribution in [0.1, 0.15) is 30.4 Å². The first-order valence-corrected chi connectivity index (χ1v) is 11.0. The molecule has 1 saturated heterocycles. The first-order chi connectivity index (χ1) is 12.6. The molecular weight excluding hydrogens is 430 g/mol. The zero-order valence-corrected chi connectivity index (χ0v) is 17.7. The third-order valence-corrected chi connectivity index (χ3v) is 8.25. The number of fused-ring (bicyclic) bond motifs is 4. The molecule has 0 aromatic heterocycles. The van der Waals surface area contributed by atoms with Gasteiger partial charge in [-0.1, -0.05) is 33.6 Å². The number of piperidine rings is 1. The number of hydrogen-bond donors (Lipinski definition) is 0. The number of hydrogen-bond acceptors (Lipinski definition) is 4. The monoisotopic (exact) mass is 449 g/mol. The van der Waals surface area contributed by atoms with Gasteiger partial charge in [0.15, 0.2) is 20.8 Å². The smallest absolute Gasteiger partial charge is 0.244 e. The highest BCUT2D eigenvalue weighted by Crippen LogP contribution is 2.50. The van der Waals surface area contributed by atoms with Gasteiger partial charge in [0.1, 0.15) is 5.75 Å². The molecule has 0 saturated carbocycles. The number of carbonyl (C=O) groups is 1. The fourth-order valence-corrected chi connectivity index (χ4v) is 6.28. The van der Waals surface area contributed by atoms with Crippen molar-refractivity contribution in [3.63, 3.8) is 0 Å². The Morgan fingerprint density at radius 3 is 2.52 bits per heavy atom. The minimum atomic E-state index is -3.86. The number of ether oxygens (including phenoxy) is 1. The van der Waals surface area contributed by atoms with Crippen LogP contribution >= 0.6 is 15.9 Å². The Morgan fingerprint density at radius 2 is 1.85 bits per heavy atom. The molecule has 2 aromatic carbocycles. The first-order valence-electron chi connectivity index (χ1n) is 8.70. The topological polar surface area (TPSA) is 63.7 Å². The van der Waals surface area contributed by atoms with Gasteiger partial charge < -0.3 is 9.64 Å². The summed E-state index contributed by atoms with van der Waals surface area (Å²) in [7, 11) is -2.24. The van der Waals surface area contributed by atoms with E-state index >= 15 is 0 Å². The highest BCUT2D eigenvalue weighted by Gasteiger charge is 2.57. The van der Waals surface area contributed by atoms with Crippen LogP contribution in [-0.4, -0.2) is 37.2 Å². The number of aryl methyl sites for hydroxylation is 1. The summed E-state index contributed by atoms with van der Waals surface area (Å²) < 4.78 is 33.8. The Balaban J connectivity index is 1.90. The van der Waals surface area contributed by atoms with E-state index in [0.717, 1.165) is 15.6 Å². The molecular formula is C20H20BrNO4S. The molecule has 0 radical (unpaired) electrons. The molecule has 2 heterocycles. The van der Waals surface area contributed by atoms with Gasteiger partial charge in [0.2, 0.25) is 5.91 Å². The average molecular weight is 450 g/mol. The molecule has 5 nitrogen and oxygen atoms in total. The number of sulfone groups is 1. The number of halogens is 1. The molecule has 142 valence electrons. The predicted octanol–water partition coefficient (Wildman–Crippen LogP) is 3.65. The second-order valence-corrected chi connectivity index (χ2v) is 10.4. The molecule has 4 rings (SSSR count). The van der Waals surface area contributed by atoms with Crippen LogP contribution in [0.25, 0.3) is 0 Å². The van der Waals surface area contributed by atoms with Crippen molar-refractivity contribution < 1.29 is 17.9 Å². The molecule has 0 unspecified atom stereocenters. The van der Waals surface area contributed by atoms with E-state index in [1.165, 1.54) is 4.90 Å². The van der Waals surface area contributed by atoms with Crippen molar-refractivity contribution >= 4 is 31.7 Å². The number of benzene rings is 2. The van der Waals surface area contributed by atoms with Crippen LogP contribution in [0, 0.1) is 6.92 Å². The lowest BCUT2D eigenvalue weighted by atomic mass is 9.80. The summed E-state index contributed by atoms with van der Waals surface area (Å²) in [5.41, 5.74) is 0.861. The van der Waals surface area contributed by atoms with Crippen LogP contribution in [0.3, 0.4) is 0 Å². The fourth-order valence-electron chi connectivity index (χ4n) is 3.99. The average Bonchev–Trinajstić information content (AvgIpc) is 2.61. The van der Waals surface area contributed by atoms with Gasteiger partial charge in [-0.2, -0.15) is 0 Å². The van der Waals surface area contributed by atoms with Gasteiger partial charge in [0.25, 0.3) is 0 Å². The van der Waals surface area contributed by atoms with E-state index in [1.807, 2.05) is 32.0 Å². The summed E-state index contributed by atoms with van der Waals surface area (Å²) >= 11 is 3.44. The van der Waals surface area contributed by atoms with Crippen LogP contribution in [0.5, 0.6) is 5.75 Å². The van der Waals surface area contributed by atoms with E-state index < -0.39 is 32.6 Å². The van der Waals surface area contributed by atoms with Crippen LogP contribution in [0.4, 0.5) is 0 Å². The molecule has 2 aliphatic heterocycles. The summed E-state index contributed by atoms with van der Waals surface area (Å²) in [5.74, 6) is -0.272. The summed E-state index contributed by atoms with van der Waals surface area (Å²) in [5, 5.41) is -1.17. The molecule has 0 aliphatic carbocycles. The lowest BCUT2D eigenvalue weighted by Crippen LogP contribution is -2.64. The van der Waals surface area contributed by atoms with Crippen LogP contribution in [0.15, 0.2) is 51.8 Å². The van der Waals surface area contributed by atoms with Gasteiger partial charge >= 0.3 is 0 Å². The van der Waals surface area contributed by atoms with Gasteiger partial charge in [-0.15, -0.1) is 0 Å². The molecule has 27 heavy (non-hydrogen) atoms. The summed E-state index contributed by atoms with van der Waals surface area (Å²) in [4.78, 5) is 14.8. The highest BCUT2D eigenvalue weighted by atomic mass is 79.9. The summed E-state index contributed by atoms with van der Waals surface area (Å²) in [6.45, 7) is 3.73. The number of carbonyl (C=O) groups excluding carboxylic acids is 1. The second kappa shape index (κ2) is 6.07. The maximum Gasteiger partial charge on any atom is 0.244 e. The van der Waals surface area contributed by atoms with Crippen molar-refractivity contribution in [2.45, 2.75) is 42.1 Å². The number of nitrogens with zero attached hydrogens (tertiary/aromatic N) is 1. The fraction of sp³-hybridized carbons (Fsp3) is 0.350. The first kappa shape index (κ1) is 18.5. The van der Waals surface area contributed by atoms with Crippen LogP contribution in [0.2, 0.25) is 0 Å². The standard InChI is InChI=1S/C20H20BrNO4S/c1-12-4-7-14(8-5-12)27(24,25)18-16-11-20(2,22(3)19(18)23)26-17-9-6-13(21)10-15(16)17/h4-10,16,18H,11H2,1-3H3/t16-,18+,20+/m1/s1. The zero-order valence-electron chi connectivity index (χ0n) is 15.3. The third-order valence-electron chi connectivity index (χ3n) is 5.63. The lowest BCUT2D eigenvalue weighted by Gasteiger charge is -2.51. The molecule has 1 fully saturated rings. The Morgan fingerprint density at radius 1 is 1.19 bits per heavy atom. The second-order valence-electron chi connectivity index (χ2n) is 7.45. The van der Waals surface area contributed by atoms with E-state index in [-0.39, 0.29) is 4.90 Å². The minimum absolute atomic E-state index is 0.173. The van der Waals surface area contributed by atoms with Gasteiger partial charge in [-0.3, -0.25) is 4.79 Å². The minimum Gasteiger partial charge on any atom is -0.468 e. The maximum atomic E-state index is 13.5. The van der Waals surface area contributed by atoms with Gasteiger partial charge in [-0.05, 0) is 44.2 Å². The molecule has 2 aromatic rings. The Kier molecular flexibility index (Phi) is 4.16. The van der Waals surface area contributed by atoms with Crippen molar-refractivity contribution in [3.05, 3.63) is 58.1 Å². The number of amides is 1. The van der Waals surface area contributed by atoms with Crippen molar-refractivity contribution in [2.75, 3.05) is 7.05 Å². The van der Waals surface area contributed by atoms with Crippen molar-refractivity contribution in [1.82, 2.24) is 4.90 Å². The van der Waals surface area contributed by atoms with E-state index in [9.17, 15) is 13.2 Å². The molecule has 3 atom stereocenters. The molecule has 0 N–H and O–H groups in total. The van der Waals surface area contributed by atoms with Crippen molar-refractivity contribution in [1.29, 1.82) is 0 Å². The van der Waals surface area contributed by atoms with E-state index in [1.54, 1.807) is 31.3 Å². The zero-order chi connectivity index (χ0) is 19.6. The van der Waals surface area contributed by atoms with Gasteiger partial charge in [0, 0.05) is 29.4 Å². The summed E-state index contributed by atoms with van der Waals surface area (Å²) in [6.07, 6.45) is 0.425. The molecule has 2 bridgehead atoms.